The number of hydrogen-bond donors (Lipinski definition) is 4. The molecule has 1 aliphatic carbocycles. The van der Waals surface area contributed by atoms with Crippen LogP contribution < -0.4 is 22.4 Å². The predicted molar refractivity (Wildman–Crippen MR) is 107 cm³/mol. The Balaban J connectivity index is 1.79. The summed E-state index contributed by atoms with van der Waals surface area (Å²) in [6, 6.07) is -0.399. The van der Waals surface area contributed by atoms with Gasteiger partial charge in [0.1, 0.15) is 25.1 Å². The minimum absolute atomic E-state index is 0.155. The third-order valence-electron chi connectivity index (χ3n) is 5.85. The van der Waals surface area contributed by atoms with E-state index < -0.39 is 18.1 Å². The number of ether oxygens (including phenoxy) is 3. The van der Waals surface area contributed by atoms with Gasteiger partial charge in [-0.3, -0.25) is 14.4 Å². The van der Waals surface area contributed by atoms with Gasteiger partial charge in [-0.2, -0.15) is 5.10 Å². The first-order valence-corrected chi connectivity index (χ1v) is 10.3. The summed E-state index contributed by atoms with van der Waals surface area (Å²) < 4.78 is 14.9. The van der Waals surface area contributed by atoms with Crippen LogP contribution in [0.4, 0.5) is 0 Å². The number of esters is 2. The third-order valence-corrected chi connectivity index (χ3v) is 5.85. The van der Waals surface area contributed by atoms with Crippen molar-refractivity contribution in [1.29, 1.82) is 0 Å². The topological polar surface area (TPSA) is 167 Å². The minimum atomic E-state index is -0.819. The average Bonchev–Trinajstić information content (AvgIpc) is 2.73. The number of hydrogen-bond acceptors (Lipinski definition) is 10. The molecular formula is C19H33N5O6. The molecule has 1 saturated heterocycles. The molecule has 5 unspecified atom stereocenters. The number of carbonyl (C=O) groups excluding carboxylic acids is 3. The summed E-state index contributed by atoms with van der Waals surface area (Å²) in [6.07, 6.45) is 4.83. The lowest BCUT2D eigenvalue weighted by Crippen LogP contribution is -2.50. The number of nitrogens with zero attached hydrogens (tertiary/aromatic N) is 1. The Labute approximate surface area is 176 Å². The first-order chi connectivity index (χ1) is 14.4. The number of nitrogens with one attached hydrogen (secondary N) is 2. The fourth-order valence-electron chi connectivity index (χ4n) is 4.28. The molecule has 0 bridgehead atoms. The quantitative estimate of drug-likeness (QED) is 0.0644. The van der Waals surface area contributed by atoms with Gasteiger partial charge in [0.15, 0.2) is 6.10 Å². The van der Waals surface area contributed by atoms with Gasteiger partial charge >= 0.3 is 11.9 Å². The molecule has 170 valence electrons. The second-order valence-corrected chi connectivity index (χ2v) is 7.95. The van der Waals surface area contributed by atoms with Crippen molar-refractivity contribution in [3.05, 3.63) is 0 Å². The fourth-order valence-corrected chi connectivity index (χ4v) is 4.28. The molecule has 0 aromatic heterocycles. The Kier molecular flexibility index (Phi) is 9.81. The lowest BCUT2D eigenvalue weighted by atomic mass is 9.69. The molecule has 2 fully saturated rings. The van der Waals surface area contributed by atoms with Crippen molar-refractivity contribution in [1.82, 2.24) is 10.9 Å². The fraction of sp³-hybridized carbons (Fsp3) is 0.789. The summed E-state index contributed by atoms with van der Waals surface area (Å²) in [5.41, 5.74) is 8.00. The lowest BCUT2D eigenvalue weighted by Gasteiger charge is -2.42. The highest BCUT2D eigenvalue weighted by Gasteiger charge is 2.38. The van der Waals surface area contributed by atoms with Crippen molar-refractivity contribution < 1.29 is 28.6 Å². The van der Waals surface area contributed by atoms with E-state index in [2.05, 4.69) is 16.0 Å². The largest absolute Gasteiger partial charge is 0.462 e. The van der Waals surface area contributed by atoms with Gasteiger partial charge < -0.3 is 25.3 Å². The summed E-state index contributed by atoms with van der Waals surface area (Å²) in [5.74, 6) is 6.29. The summed E-state index contributed by atoms with van der Waals surface area (Å²) in [5, 5.41) is 7.06. The molecule has 11 nitrogen and oxygen atoms in total. The molecule has 2 rings (SSSR count). The monoisotopic (exact) mass is 427 g/mol. The van der Waals surface area contributed by atoms with E-state index in [1.54, 1.807) is 0 Å². The van der Waals surface area contributed by atoms with E-state index in [0.29, 0.717) is 36.4 Å². The van der Waals surface area contributed by atoms with Gasteiger partial charge in [-0.25, -0.2) is 11.4 Å². The van der Waals surface area contributed by atoms with E-state index in [0.717, 1.165) is 32.2 Å². The lowest BCUT2D eigenvalue weighted by molar-refractivity contribution is -0.160. The van der Waals surface area contributed by atoms with Crippen molar-refractivity contribution >= 4 is 24.2 Å². The van der Waals surface area contributed by atoms with Crippen molar-refractivity contribution in [2.45, 2.75) is 57.6 Å². The van der Waals surface area contributed by atoms with E-state index in [1.165, 1.54) is 6.92 Å². The van der Waals surface area contributed by atoms with Gasteiger partial charge in [-0.05, 0) is 50.0 Å². The average molecular weight is 428 g/mol. The van der Waals surface area contributed by atoms with Crippen LogP contribution in [0.5, 0.6) is 0 Å². The molecule has 11 heteroatoms. The molecule has 30 heavy (non-hydrogen) atoms. The van der Waals surface area contributed by atoms with Crippen LogP contribution in [0, 0.1) is 17.8 Å². The highest BCUT2D eigenvalue weighted by molar-refractivity contribution is 5.79. The number of piperidine rings is 1. The Morgan fingerprint density at radius 3 is 2.70 bits per heavy atom. The molecule has 1 heterocycles. The van der Waals surface area contributed by atoms with E-state index in [1.807, 2.05) is 0 Å². The van der Waals surface area contributed by atoms with Crippen LogP contribution in [-0.4, -0.2) is 56.2 Å². The summed E-state index contributed by atoms with van der Waals surface area (Å²) in [7, 11) is 0. The zero-order valence-electron chi connectivity index (χ0n) is 17.4. The molecule has 6 N–H and O–H groups in total. The van der Waals surface area contributed by atoms with Crippen molar-refractivity contribution in [3.8, 4) is 0 Å². The van der Waals surface area contributed by atoms with Crippen LogP contribution in [0.1, 0.15) is 45.4 Å². The van der Waals surface area contributed by atoms with E-state index in [-0.39, 0.29) is 25.7 Å². The van der Waals surface area contributed by atoms with Gasteiger partial charge in [0.2, 0.25) is 0 Å². The second-order valence-electron chi connectivity index (χ2n) is 7.95. The number of hydrazone groups is 1. The molecule has 5 atom stereocenters. The molecule has 0 spiro atoms. The van der Waals surface area contributed by atoms with E-state index in [9.17, 15) is 14.4 Å². The SMILES string of the molecule is CC(=O)OCC(COC(=O)C1CC2CC(CC/C(N)=N/NN)CCC2CN1)OC=O. The molecule has 0 radical (unpaired) electrons. The molecule has 2 aliphatic rings. The number of amidine groups is 1. The van der Waals surface area contributed by atoms with Gasteiger partial charge in [0.25, 0.3) is 6.47 Å². The Hall–Kier alpha value is -2.40. The van der Waals surface area contributed by atoms with Crippen molar-refractivity contribution in [2.24, 2.45) is 34.4 Å². The Morgan fingerprint density at radius 1 is 1.23 bits per heavy atom. The maximum absolute atomic E-state index is 12.5. The Morgan fingerprint density at radius 2 is 2.00 bits per heavy atom. The van der Waals surface area contributed by atoms with Gasteiger partial charge in [-0.15, -0.1) is 0 Å². The van der Waals surface area contributed by atoms with Gasteiger partial charge in [0, 0.05) is 13.3 Å². The summed E-state index contributed by atoms with van der Waals surface area (Å²) in [4.78, 5) is 34.0. The molecular weight excluding hydrogens is 394 g/mol. The summed E-state index contributed by atoms with van der Waals surface area (Å²) in [6.45, 7) is 1.96. The van der Waals surface area contributed by atoms with Crippen LogP contribution in [0.25, 0.3) is 0 Å². The normalized spacial score (nSPS) is 27.3. The van der Waals surface area contributed by atoms with Crippen LogP contribution in [0.2, 0.25) is 0 Å². The number of fused-ring (bicyclic) bond motifs is 1. The van der Waals surface area contributed by atoms with Gasteiger partial charge in [0.05, 0.1) is 0 Å². The van der Waals surface area contributed by atoms with Crippen molar-refractivity contribution in [3.63, 3.8) is 0 Å². The molecule has 0 amide bonds. The minimum Gasteiger partial charge on any atom is -0.462 e. The van der Waals surface area contributed by atoms with Crippen LogP contribution in [0.15, 0.2) is 5.10 Å². The number of hydrazine groups is 1. The predicted octanol–water partition coefficient (Wildman–Crippen LogP) is -0.456. The highest BCUT2D eigenvalue weighted by Crippen LogP contribution is 2.40. The first-order valence-electron chi connectivity index (χ1n) is 10.3. The standard InChI is InChI=1S/C19H33N5O6/c1-12(26)28-9-16(30-11-25)10-29-19(27)17-7-15-6-13(2-4-14(15)8-22-17)3-5-18(20)23-24-21/h11,13-17,22,24H,2-10,21H2,1H3,(H2,20,23). The smallest absolute Gasteiger partial charge is 0.323 e. The van der Waals surface area contributed by atoms with Crippen molar-refractivity contribution in [2.75, 3.05) is 19.8 Å². The highest BCUT2D eigenvalue weighted by atomic mass is 16.6. The first kappa shape index (κ1) is 23.9. The van der Waals surface area contributed by atoms with Crippen LogP contribution in [0.3, 0.4) is 0 Å². The number of rotatable bonds is 11. The van der Waals surface area contributed by atoms with Crippen LogP contribution in [-0.2, 0) is 28.6 Å². The number of nitrogens with two attached hydrogens (primary N) is 2. The Bertz CT molecular complexity index is 616. The van der Waals surface area contributed by atoms with Crippen LogP contribution >= 0.6 is 0 Å². The summed E-state index contributed by atoms with van der Waals surface area (Å²) >= 11 is 0. The second kappa shape index (κ2) is 12.3. The van der Waals surface area contributed by atoms with Gasteiger partial charge in [-0.1, -0.05) is 6.42 Å². The molecule has 1 saturated carbocycles. The molecule has 0 aromatic rings. The molecule has 1 aliphatic heterocycles. The third kappa shape index (κ3) is 7.79. The zero-order chi connectivity index (χ0) is 21.9. The molecule has 0 aromatic carbocycles. The maximum atomic E-state index is 12.5. The van der Waals surface area contributed by atoms with E-state index >= 15 is 0 Å². The van der Waals surface area contributed by atoms with E-state index in [4.69, 9.17) is 25.8 Å². The number of carbonyl (C=O) groups is 3. The zero-order valence-corrected chi connectivity index (χ0v) is 17.4. The maximum Gasteiger partial charge on any atom is 0.323 e.